The second kappa shape index (κ2) is 10.5. The van der Waals surface area contributed by atoms with Crippen LogP contribution in [0, 0.1) is 0 Å². The molecule has 1 atom stereocenters. The van der Waals surface area contributed by atoms with Crippen LogP contribution in [-0.4, -0.2) is 45.9 Å². The van der Waals surface area contributed by atoms with Crippen molar-refractivity contribution in [2.75, 3.05) is 33.6 Å². The maximum absolute atomic E-state index is 12.3. The summed E-state index contributed by atoms with van der Waals surface area (Å²) in [4.78, 5) is 13.2. The molecule has 29 heavy (non-hydrogen) atoms. The second-order valence-corrected chi connectivity index (χ2v) is 8.48. The molecule has 2 amide bonds. The third-order valence-corrected chi connectivity index (χ3v) is 6.10. The van der Waals surface area contributed by atoms with Crippen molar-refractivity contribution in [3.05, 3.63) is 46.4 Å². The first kappa shape index (κ1) is 23.8. The molecular weight excluding hydrogens is 435 g/mol. The lowest BCUT2D eigenvalue weighted by Gasteiger charge is -2.32. The predicted molar refractivity (Wildman–Crippen MR) is 119 cm³/mol. The minimum Gasteiger partial charge on any atom is -0.456 e. The highest BCUT2D eigenvalue weighted by molar-refractivity contribution is 7.99. The predicted octanol–water partition coefficient (Wildman–Crippen LogP) is 5.53. The van der Waals surface area contributed by atoms with E-state index in [1.807, 2.05) is 19.1 Å². The van der Waals surface area contributed by atoms with E-state index in [0.717, 1.165) is 10.6 Å². The Morgan fingerprint density at radius 2 is 1.83 bits per heavy atom. The Kier molecular flexibility index (Phi) is 8.63. The molecule has 1 unspecified atom stereocenters. The molecular formula is C20H25Cl2N2O4S+. The summed E-state index contributed by atoms with van der Waals surface area (Å²) in [7, 11) is 4.76. The van der Waals surface area contributed by atoms with Gasteiger partial charge in [0, 0.05) is 32.4 Å². The molecule has 0 heterocycles. The molecule has 0 saturated heterocycles. The molecule has 6 nitrogen and oxygen atoms in total. The number of nitrogens with two attached hydrogens (primary N) is 1. The third-order valence-electron chi connectivity index (χ3n) is 4.44. The first-order valence-corrected chi connectivity index (χ1v) is 10.6. The lowest BCUT2D eigenvalue weighted by atomic mass is 10.2. The zero-order valence-corrected chi connectivity index (χ0v) is 19.1. The van der Waals surface area contributed by atoms with Gasteiger partial charge in [-0.05, 0) is 24.0 Å². The molecule has 2 rings (SSSR count). The van der Waals surface area contributed by atoms with Gasteiger partial charge in [0.25, 0.3) is 0 Å². The molecule has 2 aromatic carbocycles. The molecule has 0 spiro atoms. The van der Waals surface area contributed by atoms with Crippen LogP contribution < -0.4 is 15.0 Å². The summed E-state index contributed by atoms with van der Waals surface area (Å²) in [6.07, 6.45) is -0.582. The summed E-state index contributed by atoms with van der Waals surface area (Å²) in [5, 5.41) is 0.867. The molecule has 0 radical (unpaired) electrons. The number of amides is 2. The van der Waals surface area contributed by atoms with Crippen LogP contribution in [0.2, 0.25) is 10.0 Å². The summed E-state index contributed by atoms with van der Waals surface area (Å²) in [6.45, 7) is 2.26. The van der Waals surface area contributed by atoms with Gasteiger partial charge in [-0.3, -0.25) is 0 Å². The Morgan fingerprint density at radius 3 is 2.38 bits per heavy atom. The van der Waals surface area contributed by atoms with Gasteiger partial charge >= 0.3 is 6.03 Å². The van der Waals surface area contributed by atoms with Gasteiger partial charge in [0.2, 0.25) is 6.29 Å². The van der Waals surface area contributed by atoms with Crippen LogP contribution in [0.5, 0.6) is 11.5 Å². The van der Waals surface area contributed by atoms with E-state index in [2.05, 4.69) is 0 Å². The quantitative estimate of drug-likeness (QED) is 0.303. The molecule has 0 saturated carbocycles. The van der Waals surface area contributed by atoms with Crippen LogP contribution in [0.4, 0.5) is 10.5 Å². The van der Waals surface area contributed by atoms with E-state index in [9.17, 15) is 4.79 Å². The van der Waals surface area contributed by atoms with Crippen LogP contribution in [-0.2, 0) is 9.47 Å². The van der Waals surface area contributed by atoms with Crippen molar-refractivity contribution in [1.29, 1.82) is 0 Å². The number of hydrogen-bond donors (Lipinski definition) is 1. The van der Waals surface area contributed by atoms with Crippen LogP contribution in [0.3, 0.4) is 0 Å². The molecule has 0 aliphatic carbocycles. The fourth-order valence-corrected chi connectivity index (χ4v) is 3.74. The number of nitrogens with zero attached hydrogens (tertiary/aromatic N) is 1. The Bertz CT molecular complexity index is 864. The van der Waals surface area contributed by atoms with Crippen molar-refractivity contribution in [3.63, 3.8) is 0 Å². The highest BCUT2D eigenvalue weighted by Gasteiger charge is 2.36. The monoisotopic (exact) mass is 459 g/mol. The summed E-state index contributed by atoms with van der Waals surface area (Å²) < 4.78 is 16.4. The van der Waals surface area contributed by atoms with Gasteiger partial charge in [-0.2, -0.15) is 0 Å². The van der Waals surface area contributed by atoms with Crippen molar-refractivity contribution < 1.29 is 19.0 Å². The number of benzene rings is 2. The molecule has 0 aliphatic heterocycles. The molecule has 2 N–H and O–H groups in total. The number of primary amides is 1. The summed E-state index contributed by atoms with van der Waals surface area (Å²) >= 11 is 13.6. The third kappa shape index (κ3) is 5.78. The number of urea groups is 1. The fourth-order valence-electron chi connectivity index (χ4n) is 2.69. The fraction of sp³-hybridized carbons (Fsp3) is 0.350. The lowest BCUT2D eigenvalue weighted by molar-refractivity contribution is -0.108. The van der Waals surface area contributed by atoms with E-state index in [4.69, 9.17) is 43.1 Å². The van der Waals surface area contributed by atoms with Crippen LogP contribution in [0.1, 0.15) is 6.92 Å². The van der Waals surface area contributed by atoms with Gasteiger partial charge in [0.1, 0.15) is 23.7 Å². The van der Waals surface area contributed by atoms with Crippen molar-refractivity contribution in [3.8, 4) is 11.5 Å². The normalized spacial score (nSPS) is 13.3. The number of thioether (sulfide) groups is 1. The average molecular weight is 460 g/mol. The minimum absolute atomic E-state index is 0.184. The molecule has 0 bridgehead atoms. The van der Waals surface area contributed by atoms with Crippen molar-refractivity contribution in [2.24, 2.45) is 5.73 Å². The number of methoxy groups -OCH3 is 2. The first-order chi connectivity index (χ1) is 13.7. The Labute approximate surface area is 185 Å². The zero-order valence-electron chi connectivity index (χ0n) is 16.8. The van der Waals surface area contributed by atoms with E-state index >= 15 is 0 Å². The number of carbonyl (C=O) groups excluding carboxylic acids is 1. The van der Waals surface area contributed by atoms with E-state index in [1.165, 1.54) is 14.2 Å². The largest absolute Gasteiger partial charge is 0.456 e. The molecule has 0 fully saturated rings. The summed E-state index contributed by atoms with van der Waals surface area (Å²) in [6, 6.07) is 10.1. The Hall–Kier alpha value is -1.48. The van der Waals surface area contributed by atoms with Crippen LogP contribution in [0.15, 0.2) is 41.3 Å². The van der Waals surface area contributed by atoms with Gasteiger partial charge in [-0.15, -0.1) is 11.8 Å². The average Bonchev–Trinajstić information content (AvgIpc) is 2.70. The van der Waals surface area contributed by atoms with Gasteiger partial charge in [-0.1, -0.05) is 30.1 Å². The highest BCUT2D eigenvalue weighted by Crippen LogP contribution is 2.38. The number of likely N-dealkylation sites (N-methyl/N-ethyl adjacent to an activating group) is 1. The number of quaternary nitrogens is 1. The van der Waals surface area contributed by atoms with Crippen LogP contribution >= 0.6 is 35.0 Å². The number of hydrogen-bond acceptors (Lipinski definition) is 5. The number of carbonyl (C=O) groups is 1. The van der Waals surface area contributed by atoms with E-state index in [0.29, 0.717) is 27.2 Å². The zero-order chi connectivity index (χ0) is 21.6. The van der Waals surface area contributed by atoms with Gasteiger partial charge in [-0.25, -0.2) is 9.28 Å². The molecule has 0 aliphatic rings. The molecule has 9 heteroatoms. The Balaban J connectivity index is 2.42. The topological polar surface area (TPSA) is 70.8 Å². The maximum Gasteiger partial charge on any atom is 0.419 e. The first-order valence-electron chi connectivity index (χ1n) is 8.86. The lowest BCUT2D eigenvalue weighted by Crippen LogP contribution is -2.57. The van der Waals surface area contributed by atoms with E-state index in [-0.39, 0.29) is 11.0 Å². The molecule has 2 aromatic rings. The number of rotatable bonds is 9. The highest BCUT2D eigenvalue weighted by atomic mass is 35.5. The van der Waals surface area contributed by atoms with Crippen LogP contribution in [0.25, 0.3) is 0 Å². The van der Waals surface area contributed by atoms with E-state index in [1.54, 1.807) is 43.1 Å². The second-order valence-electron chi connectivity index (χ2n) is 6.36. The van der Waals surface area contributed by atoms with Gasteiger partial charge in [0.05, 0.1) is 22.0 Å². The number of ether oxygens (including phenoxy) is 3. The Morgan fingerprint density at radius 1 is 1.14 bits per heavy atom. The van der Waals surface area contributed by atoms with Crippen molar-refractivity contribution in [2.45, 2.75) is 18.1 Å². The van der Waals surface area contributed by atoms with E-state index < -0.39 is 12.3 Å². The van der Waals surface area contributed by atoms with Crippen molar-refractivity contribution in [1.82, 2.24) is 4.48 Å². The standard InChI is InChI=1S/C20H24Cl2N2O4S/c1-5-29-18-10-13(24(2,20(23)25)12-19(26-3)27-4)6-9-17(18)28-14-7-8-15(21)16(22)11-14/h6-11,19H,5,12H2,1-4H3,(H-,23,25)/p+1. The minimum atomic E-state index is -0.582. The molecule has 0 aromatic heterocycles. The SMILES string of the molecule is CCSc1cc([N+](C)(CC(OC)OC)C(N)=O)ccc1Oc1ccc(Cl)c(Cl)c1. The maximum atomic E-state index is 12.3. The summed E-state index contributed by atoms with van der Waals surface area (Å²) in [5.74, 6) is 2.03. The summed E-state index contributed by atoms with van der Waals surface area (Å²) in [5.41, 5.74) is 6.44. The number of halogens is 2. The van der Waals surface area contributed by atoms with Gasteiger partial charge < -0.3 is 19.9 Å². The smallest absolute Gasteiger partial charge is 0.419 e. The molecule has 158 valence electrons. The van der Waals surface area contributed by atoms with Gasteiger partial charge in [0.15, 0.2) is 0 Å². The van der Waals surface area contributed by atoms with Crippen molar-refractivity contribution >= 4 is 46.7 Å².